The molecule has 2 amide bonds. The number of carbonyl (C=O) groups is 2. The van der Waals surface area contributed by atoms with Crippen LogP contribution in [0.1, 0.15) is 37.6 Å². The van der Waals surface area contributed by atoms with Crippen molar-refractivity contribution in [3.63, 3.8) is 0 Å². The van der Waals surface area contributed by atoms with Gasteiger partial charge in [0.1, 0.15) is 0 Å². The molecule has 0 aromatic heterocycles. The van der Waals surface area contributed by atoms with Gasteiger partial charge in [-0.3, -0.25) is 9.59 Å². The molecule has 120 valence electrons. The Morgan fingerprint density at radius 2 is 1.86 bits per heavy atom. The SMILES string of the molecule is CCCNC(=O)c1ccc(N2C(=O)C(C)(C)CS2(=O)=O)cc1. The van der Waals surface area contributed by atoms with Crippen molar-refractivity contribution in [2.75, 3.05) is 16.6 Å². The molecule has 0 saturated carbocycles. The molecule has 1 heterocycles. The van der Waals surface area contributed by atoms with Crippen molar-refractivity contribution >= 4 is 27.5 Å². The molecule has 1 fully saturated rings. The number of anilines is 1. The van der Waals surface area contributed by atoms with Crippen molar-refractivity contribution in [2.24, 2.45) is 5.41 Å². The highest BCUT2D eigenvalue weighted by Crippen LogP contribution is 2.35. The van der Waals surface area contributed by atoms with Gasteiger partial charge in [-0.1, -0.05) is 6.92 Å². The fourth-order valence-corrected chi connectivity index (χ4v) is 4.46. The monoisotopic (exact) mass is 324 g/mol. The number of carbonyl (C=O) groups excluding carboxylic acids is 2. The summed E-state index contributed by atoms with van der Waals surface area (Å²) in [5, 5.41) is 2.74. The Hall–Kier alpha value is -1.89. The van der Waals surface area contributed by atoms with E-state index in [1.165, 1.54) is 24.3 Å². The largest absolute Gasteiger partial charge is 0.352 e. The van der Waals surface area contributed by atoms with Gasteiger partial charge in [0, 0.05) is 12.1 Å². The molecule has 0 atom stereocenters. The van der Waals surface area contributed by atoms with Crippen molar-refractivity contribution < 1.29 is 18.0 Å². The highest BCUT2D eigenvalue weighted by atomic mass is 32.2. The van der Waals surface area contributed by atoms with Crippen molar-refractivity contribution in [1.29, 1.82) is 0 Å². The van der Waals surface area contributed by atoms with Gasteiger partial charge in [0.2, 0.25) is 15.9 Å². The average molecular weight is 324 g/mol. The topological polar surface area (TPSA) is 83.6 Å². The molecule has 7 heteroatoms. The van der Waals surface area contributed by atoms with Crippen LogP contribution in [0.3, 0.4) is 0 Å². The standard InChI is InChI=1S/C15H20N2O4S/c1-4-9-16-13(18)11-5-7-12(8-6-11)17-14(19)15(2,3)10-22(17,20)21/h5-8H,4,9-10H2,1-3H3,(H,16,18). The lowest BCUT2D eigenvalue weighted by molar-refractivity contribution is -0.123. The zero-order valence-corrected chi connectivity index (χ0v) is 13.7. The minimum atomic E-state index is -3.66. The number of nitrogens with one attached hydrogen (secondary N) is 1. The Bertz CT molecular complexity index is 693. The molecule has 1 aromatic rings. The molecule has 1 saturated heterocycles. The van der Waals surface area contributed by atoms with E-state index >= 15 is 0 Å². The molecule has 0 spiro atoms. The van der Waals surface area contributed by atoms with Gasteiger partial charge in [0.15, 0.2) is 0 Å². The van der Waals surface area contributed by atoms with Gasteiger partial charge in [-0.25, -0.2) is 12.7 Å². The third kappa shape index (κ3) is 2.99. The van der Waals surface area contributed by atoms with E-state index in [4.69, 9.17) is 0 Å². The van der Waals surface area contributed by atoms with E-state index in [1.54, 1.807) is 13.8 Å². The van der Waals surface area contributed by atoms with Crippen LogP contribution in [-0.4, -0.2) is 32.5 Å². The lowest BCUT2D eigenvalue weighted by Gasteiger charge is -2.17. The summed E-state index contributed by atoms with van der Waals surface area (Å²) in [6.45, 7) is 5.75. The Kier molecular flexibility index (Phi) is 4.28. The van der Waals surface area contributed by atoms with Crippen LogP contribution in [0.5, 0.6) is 0 Å². The van der Waals surface area contributed by atoms with Crippen LogP contribution in [-0.2, 0) is 14.8 Å². The zero-order valence-electron chi connectivity index (χ0n) is 12.9. The number of rotatable bonds is 4. The Balaban J connectivity index is 2.28. The number of hydrogen-bond acceptors (Lipinski definition) is 4. The van der Waals surface area contributed by atoms with Crippen LogP contribution in [0.25, 0.3) is 0 Å². The van der Waals surface area contributed by atoms with Crippen LogP contribution in [0.15, 0.2) is 24.3 Å². The van der Waals surface area contributed by atoms with E-state index in [0.29, 0.717) is 12.1 Å². The predicted octanol–water partition coefficient (Wildman–Crippen LogP) is 1.53. The average Bonchev–Trinajstić information content (AvgIpc) is 2.60. The van der Waals surface area contributed by atoms with Gasteiger partial charge in [0.05, 0.1) is 16.9 Å². The van der Waals surface area contributed by atoms with E-state index in [1.807, 2.05) is 6.92 Å². The molecular formula is C15H20N2O4S. The Morgan fingerprint density at radius 3 is 2.32 bits per heavy atom. The summed E-state index contributed by atoms with van der Waals surface area (Å²) in [6, 6.07) is 6.01. The fourth-order valence-electron chi connectivity index (χ4n) is 2.35. The maximum atomic E-state index is 12.3. The zero-order chi connectivity index (χ0) is 16.5. The second-order valence-corrected chi connectivity index (χ2v) is 7.83. The fraction of sp³-hybridized carbons (Fsp3) is 0.467. The highest BCUT2D eigenvalue weighted by molar-refractivity contribution is 7.94. The molecule has 1 aliphatic rings. The molecule has 1 aliphatic heterocycles. The quantitative estimate of drug-likeness (QED) is 0.910. The van der Waals surface area contributed by atoms with Crippen molar-refractivity contribution in [3.05, 3.63) is 29.8 Å². The summed E-state index contributed by atoms with van der Waals surface area (Å²) in [5.74, 6) is -0.877. The first-order valence-corrected chi connectivity index (χ1v) is 8.75. The first-order valence-electron chi connectivity index (χ1n) is 7.15. The number of benzene rings is 1. The van der Waals surface area contributed by atoms with Crippen LogP contribution < -0.4 is 9.62 Å². The number of nitrogens with zero attached hydrogens (tertiary/aromatic N) is 1. The highest BCUT2D eigenvalue weighted by Gasteiger charge is 2.49. The molecule has 0 radical (unpaired) electrons. The third-order valence-corrected chi connectivity index (χ3v) is 5.50. The van der Waals surface area contributed by atoms with Gasteiger partial charge in [-0.2, -0.15) is 0 Å². The smallest absolute Gasteiger partial charge is 0.251 e. The summed E-state index contributed by atoms with van der Waals surface area (Å²) in [4.78, 5) is 24.1. The normalized spacial score (nSPS) is 19.2. The second kappa shape index (κ2) is 5.72. The van der Waals surface area contributed by atoms with Gasteiger partial charge < -0.3 is 5.32 Å². The van der Waals surface area contributed by atoms with Gasteiger partial charge >= 0.3 is 0 Å². The first kappa shape index (κ1) is 16.5. The van der Waals surface area contributed by atoms with Crippen molar-refractivity contribution in [1.82, 2.24) is 5.32 Å². The molecule has 0 unspecified atom stereocenters. The van der Waals surface area contributed by atoms with E-state index in [9.17, 15) is 18.0 Å². The van der Waals surface area contributed by atoms with Crippen LogP contribution in [0.2, 0.25) is 0 Å². The van der Waals surface area contributed by atoms with Crippen LogP contribution >= 0.6 is 0 Å². The number of hydrogen-bond donors (Lipinski definition) is 1. The molecule has 1 aromatic carbocycles. The van der Waals surface area contributed by atoms with E-state index in [0.717, 1.165) is 10.7 Å². The Labute approximate surface area is 130 Å². The molecular weight excluding hydrogens is 304 g/mol. The summed E-state index contributed by atoms with van der Waals surface area (Å²) in [5.41, 5.74) is -0.237. The molecule has 0 aliphatic carbocycles. The second-order valence-electron chi connectivity index (χ2n) is 6.01. The van der Waals surface area contributed by atoms with Crippen molar-refractivity contribution in [3.8, 4) is 0 Å². The van der Waals surface area contributed by atoms with Crippen LogP contribution in [0.4, 0.5) is 5.69 Å². The molecule has 22 heavy (non-hydrogen) atoms. The molecule has 0 bridgehead atoms. The van der Waals surface area contributed by atoms with Crippen LogP contribution in [0, 0.1) is 5.41 Å². The molecule has 6 nitrogen and oxygen atoms in total. The summed E-state index contributed by atoms with van der Waals surface area (Å²) < 4.78 is 25.2. The minimum absolute atomic E-state index is 0.211. The summed E-state index contributed by atoms with van der Waals surface area (Å²) in [7, 11) is -3.66. The molecule has 1 N–H and O–H groups in total. The minimum Gasteiger partial charge on any atom is -0.352 e. The lowest BCUT2D eigenvalue weighted by atomic mass is 9.95. The van der Waals surface area contributed by atoms with E-state index < -0.39 is 21.3 Å². The third-order valence-electron chi connectivity index (χ3n) is 3.48. The Morgan fingerprint density at radius 1 is 1.27 bits per heavy atom. The molecule has 2 rings (SSSR count). The summed E-state index contributed by atoms with van der Waals surface area (Å²) in [6.07, 6.45) is 0.833. The van der Waals surface area contributed by atoms with Gasteiger partial charge in [-0.15, -0.1) is 0 Å². The number of sulfonamides is 1. The maximum absolute atomic E-state index is 12.3. The summed E-state index contributed by atoms with van der Waals surface area (Å²) >= 11 is 0. The first-order chi connectivity index (χ1) is 10.2. The number of amides is 2. The van der Waals surface area contributed by atoms with Crippen molar-refractivity contribution in [2.45, 2.75) is 27.2 Å². The van der Waals surface area contributed by atoms with Gasteiger partial charge in [-0.05, 0) is 44.5 Å². The maximum Gasteiger partial charge on any atom is 0.251 e. The lowest BCUT2D eigenvalue weighted by Crippen LogP contribution is -2.33. The predicted molar refractivity (Wildman–Crippen MR) is 84.1 cm³/mol. The van der Waals surface area contributed by atoms with Gasteiger partial charge in [0.25, 0.3) is 5.91 Å². The van der Waals surface area contributed by atoms with E-state index in [-0.39, 0.29) is 17.3 Å². The van der Waals surface area contributed by atoms with E-state index in [2.05, 4.69) is 5.32 Å².